The van der Waals surface area contributed by atoms with Gasteiger partial charge < -0.3 is 14.7 Å². The lowest BCUT2D eigenvalue weighted by molar-refractivity contribution is -0.137. The molecule has 2 aromatic rings. The van der Waals surface area contributed by atoms with Crippen molar-refractivity contribution in [3.05, 3.63) is 69.2 Å². The van der Waals surface area contributed by atoms with Crippen molar-refractivity contribution in [2.45, 2.75) is 25.3 Å². The first-order chi connectivity index (χ1) is 15.4. The van der Waals surface area contributed by atoms with Crippen LogP contribution in [0.15, 0.2) is 42.5 Å². The molecule has 0 aromatic heterocycles. The van der Waals surface area contributed by atoms with Crippen molar-refractivity contribution in [2.75, 3.05) is 38.5 Å². The van der Waals surface area contributed by atoms with Gasteiger partial charge in [-0.2, -0.15) is 0 Å². The van der Waals surface area contributed by atoms with Crippen LogP contribution in [-0.4, -0.2) is 71.0 Å². The number of amides is 2. The third kappa shape index (κ3) is 4.79. The number of carbonyl (C=O) groups excluding carboxylic acids is 2. The van der Waals surface area contributed by atoms with Gasteiger partial charge in [-0.05, 0) is 43.3 Å². The monoisotopic (exact) mass is 491 g/mol. The Morgan fingerprint density at radius 3 is 2.31 bits per heavy atom. The Labute approximate surface area is 203 Å². The minimum Gasteiger partial charge on any atom is -0.338 e. The van der Waals surface area contributed by atoms with E-state index < -0.39 is 6.04 Å². The number of aryl methyl sites for hydroxylation is 1. The van der Waals surface area contributed by atoms with E-state index in [0.717, 1.165) is 30.8 Å². The number of halogens is 2. The van der Waals surface area contributed by atoms with Gasteiger partial charge in [-0.25, -0.2) is 0 Å². The number of hydrogen-bond acceptors (Lipinski definition) is 4. The minimum atomic E-state index is -0.513. The summed E-state index contributed by atoms with van der Waals surface area (Å²) in [4.78, 5) is 33.2. The zero-order chi connectivity index (χ0) is 22.8. The molecule has 2 unspecified atom stereocenters. The fraction of sp³-hybridized carbons (Fsp3) is 0.417. The quantitative estimate of drug-likeness (QED) is 0.620. The first kappa shape index (κ1) is 23.4. The Balaban J connectivity index is 1.64. The highest BCUT2D eigenvalue weighted by Gasteiger charge is 2.44. The summed E-state index contributed by atoms with van der Waals surface area (Å²) < 4.78 is 0. The Bertz CT molecular complexity index is 993. The molecule has 2 aromatic carbocycles. The lowest BCUT2D eigenvalue weighted by Gasteiger charge is -2.37. The molecule has 5 nitrogen and oxygen atoms in total. The summed E-state index contributed by atoms with van der Waals surface area (Å²) in [5, 5.41) is 0.610. The van der Waals surface area contributed by atoms with Crippen molar-refractivity contribution in [1.29, 1.82) is 0 Å². The van der Waals surface area contributed by atoms with Gasteiger partial charge in [0.15, 0.2) is 0 Å². The maximum absolute atomic E-state index is 13.7. The number of carbonyl (C=O) groups is 2. The minimum absolute atomic E-state index is 0.0243. The fourth-order valence-corrected chi connectivity index (χ4v) is 5.92. The van der Waals surface area contributed by atoms with E-state index in [1.54, 1.807) is 28.8 Å². The van der Waals surface area contributed by atoms with Crippen LogP contribution in [0.3, 0.4) is 0 Å². The maximum atomic E-state index is 13.7. The van der Waals surface area contributed by atoms with Crippen LogP contribution in [-0.2, 0) is 4.79 Å². The van der Waals surface area contributed by atoms with Crippen LogP contribution in [0.2, 0.25) is 10.0 Å². The lowest BCUT2D eigenvalue weighted by Crippen LogP contribution is -2.55. The third-order valence-corrected chi connectivity index (χ3v) is 8.24. The summed E-state index contributed by atoms with van der Waals surface area (Å²) >= 11 is 14.0. The summed E-state index contributed by atoms with van der Waals surface area (Å²) in [6, 6.07) is 12.4. The second kappa shape index (κ2) is 10.0. The van der Waals surface area contributed by atoms with Crippen LogP contribution in [0.4, 0.5) is 0 Å². The molecule has 2 aliphatic rings. The third-order valence-electron chi connectivity index (χ3n) is 6.18. The number of likely N-dealkylation sites (N-methyl/N-ethyl adjacent to an activating group) is 1. The van der Waals surface area contributed by atoms with Gasteiger partial charge in [-0.3, -0.25) is 9.59 Å². The van der Waals surface area contributed by atoms with Crippen molar-refractivity contribution in [3.8, 4) is 0 Å². The van der Waals surface area contributed by atoms with Gasteiger partial charge in [-0.1, -0.05) is 53.9 Å². The zero-order valence-corrected chi connectivity index (χ0v) is 20.6. The molecule has 170 valence electrons. The lowest BCUT2D eigenvalue weighted by atomic mass is 10.1. The van der Waals surface area contributed by atoms with Crippen molar-refractivity contribution in [3.63, 3.8) is 0 Å². The predicted molar refractivity (Wildman–Crippen MR) is 131 cm³/mol. The van der Waals surface area contributed by atoms with Crippen LogP contribution < -0.4 is 0 Å². The molecule has 2 heterocycles. The SMILES string of the molecule is CCN1CCN(C(=O)C2CSC(c3ccc(Cl)c(Cl)c3)N2C(=O)c2ccc(C)cc2)CC1. The standard InChI is InChI=1S/C24H27Cl2N3O2S/c1-3-27-10-12-28(13-11-27)23(31)21-15-32-24(18-8-9-19(25)20(26)14-18)29(21)22(30)17-6-4-16(2)5-7-17/h4-9,14,21,24H,3,10-13,15H2,1-2H3. The second-order valence-electron chi connectivity index (χ2n) is 8.21. The van der Waals surface area contributed by atoms with Crippen molar-refractivity contribution >= 4 is 46.8 Å². The van der Waals surface area contributed by atoms with Crippen LogP contribution >= 0.6 is 35.0 Å². The average Bonchev–Trinajstić information content (AvgIpc) is 3.25. The summed E-state index contributed by atoms with van der Waals surface area (Å²) in [7, 11) is 0. The molecule has 0 aliphatic carbocycles. The number of hydrogen-bond donors (Lipinski definition) is 0. The highest BCUT2D eigenvalue weighted by molar-refractivity contribution is 7.99. The molecule has 2 fully saturated rings. The van der Waals surface area contributed by atoms with Crippen molar-refractivity contribution in [1.82, 2.24) is 14.7 Å². The average molecular weight is 492 g/mol. The number of piperazine rings is 1. The smallest absolute Gasteiger partial charge is 0.255 e. The molecule has 32 heavy (non-hydrogen) atoms. The van der Waals surface area contributed by atoms with Gasteiger partial charge in [0.1, 0.15) is 11.4 Å². The van der Waals surface area contributed by atoms with Crippen LogP contribution in [0, 0.1) is 6.92 Å². The molecule has 2 saturated heterocycles. The number of thioether (sulfide) groups is 1. The van der Waals surface area contributed by atoms with E-state index in [4.69, 9.17) is 23.2 Å². The van der Waals surface area contributed by atoms with Gasteiger partial charge >= 0.3 is 0 Å². The van der Waals surface area contributed by atoms with E-state index >= 15 is 0 Å². The van der Waals surface area contributed by atoms with Gasteiger partial charge in [0.25, 0.3) is 5.91 Å². The Hall–Kier alpha value is -1.73. The Kier molecular flexibility index (Phi) is 7.35. The fourth-order valence-electron chi connectivity index (χ4n) is 4.21. The topological polar surface area (TPSA) is 43.9 Å². The van der Waals surface area contributed by atoms with E-state index in [0.29, 0.717) is 34.5 Å². The molecule has 0 radical (unpaired) electrons. The molecule has 0 N–H and O–H groups in total. The van der Waals surface area contributed by atoms with Gasteiger partial charge in [0.05, 0.1) is 10.0 Å². The summed E-state index contributed by atoms with van der Waals surface area (Å²) in [5.41, 5.74) is 2.53. The van der Waals surface area contributed by atoms with Crippen molar-refractivity contribution in [2.24, 2.45) is 0 Å². The molecule has 0 spiro atoms. The summed E-state index contributed by atoms with van der Waals surface area (Å²) in [5.74, 6) is 0.433. The van der Waals surface area contributed by atoms with Gasteiger partial charge in [0, 0.05) is 37.5 Å². The van der Waals surface area contributed by atoms with E-state index in [1.165, 1.54) is 0 Å². The van der Waals surface area contributed by atoms with Crippen LogP contribution in [0.1, 0.15) is 33.8 Å². The van der Waals surface area contributed by atoms with Crippen LogP contribution in [0.5, 0.6) is 0 Å². The molecule has 4 rings (SSSR count). The van der Waals surface area contributed by atoms with E-state index in [9.17, 15) is 9.59 Å². The molecule has 0 bridgehead atoms. The molecule has 0 saturated carbocycles. The molecule has 2 amide bonds. The normalized spacial score (nSPS) is 21.8. The van der Waals surface area contributed by atoms with E-state index in [2.05, 4.69) is 11.8 Å². The number of nitrogens with zero attached hydrogens (tertiary/aromatic N) is 3. The Morgan fingerprint density at radius 1 is 1.00 bits per heavy atom. The maximum Gasteiger partial charge on any atom is 0.255 e. The molecule has 8 heteroatoms. The Morgan fingerprint density at radius 2 is 1.69 bits per heavy atom. The van der Waals surface area contributed by atoms with Crippen LogP contribution in [0.25, 0.3) is 0 Å². The highest BCUT2D eigenvalue weighted by Crippen LogP contribution is 2.44. The van der Waals surface area contributed by atoms with E-state index in [-0.39, 0.29) is 17.2 Å². The highest BCUT2D eigenvalue weighted by atomic mass is 35.5. The first-order valence-electron chi connectivity index (χ1n) is 10.9. The van der Waals surface area contributed by atoms with Gasteiger partial charge in [0.2, 0.25) is 5.91 Å². The molecular weight excluding hydrogens is 465 g/mol. The summed E-state index contributed by atoms with van der Waals surface area (Å²) in [6.07, 6.45) is 0. The van der Waals surface area contributed by atoms with Crippen molar-refractivity contribution < 1.29 is 9.59 Å². The van der Waals surface area contributed by atoms with Gasteiger partial charge in [-0.15, -0.1) is 11.8 Å². The molecular formula is C24H27Cl2N3O2S. The zero-order valence-electron chi connectivity index (χ0n) is 18.3. The summed E-state index contributed by atoms with van der Waals surface area (Å²) in [6.45, 7) is 8.22. The second-order valence-corrected chi connectivity index (χ2v) is 10.1. The number of rotatable bonds is 4. The molecule has 2 atom stereocenters. The largest absolute Gasteiger partial charge is 0.338 e. The van der Waals surface area contributed by atoms with E-state index in [1.807, 2.05) is 42.2 Å². The number of benzene rings is 2. The predicted octanol–water partition coefficient (Wildman–Crippen LogP) is 4.72. The first-order valence-corrected chi connectivity index (χ1v) is 12.7. The molecule has 2 aliphatic heterocycles.